The topological polar surface area (TPSA) is 100 Å². The number of hydrogen-bond donors (Lipinski definition) is 3. The number of amides is 2. The Morgan fingerprint density at radius 2 is 1.96 bits per heavy atom. The fraction of sp³-hybridized carbons (Fsp3) is 0.867. The number of rotatable bonds is 5. The zero-order valence-electron chi connectivity index (χ0n) is 15.2. The first-order valence-corrected chi connectivity index (χ1v) is 9.35. The summed E-state index contributed by atoms with van der Waals surface area (Å²) in [6.45, 7) is 6.87. The molecular formula is C15H26Cl3N3O5. The molecule has 3 unspecified atom stereocenters. The van der Waals surface area contributed by atoms with Gasteiger partial charge in [0.05, 0.1) is 12.6 Å². The summed E-state index contributed by atoms with van der Waals surface area (Å²) in [6.07, 6.45) is -0.733. The molecule has 11 heteroatoms. The highest BCUT2D eigenvalue weighted by Gasteiger charge is 2.33. The molecular weight excluding hydrogens is 409 g/mol. The summed E-state index contributed by atoms with van der Waals surface area (Å²) in [5.41, 5.74) is 2.22. The molecule has 0 aromatic carbocycles. The van der Waals surface area contributed by atoms with E-state index in [2.05, 4.69) is 10.7 Å². The Hall–Kier alpha value is -0.510. The van der Waals surface area contributed by atoms with Crippen LogP contribution >= 0.6 is 34.8 Å². The van der Waals surface area contributed by atoms with Crippen LogP contribution in [0.1, 0.15) is 40.5 Å². The maximum atomic E-state index is 12.5. The number of aliphatic hydroxyl groups excluding tert-OH is 1. The average molecular weight is 435 g/mol. The molecule has 0 aliphatic carbocycles. The second-order valence-electron chi connectivity index (χ2n) is 7.05. The van der Waals surface area contributed by atoms with E-state index in [9.17, 15) is 14.7 Å². The second kappa shape index (κ2) is 9.61. The van der Waals surface area contributed by atoms with Crippen LogP contribution in [0.25, 0.3) is 0 Å². The number of alkyl halides is 3. The largest absolute Gasteiger partial charge is 0.444 e. The number of carbonyl (C=O) groups is 2. The number of alkyl carbamates (subject to hydrolysis) is 1. The number of halogens is 3. The zero-order valence-corrected chi connectivity index (χ0v) is 17.5. The molecule has 1 fully saturated rings. The lowest BCUT2D eigenvalue weighted by molar-refractivity contribution is -0.155. The molecule has 152 valence electrons. The summed E-state index contributed by atoms with van der Waals surface area (Å²) in [5.74, 6) is -0.367. The minimum absolute atomic E-state index is 0.290. The minimum atomic E-state index is -1.64. The van der Waals surface area contributed by atoms with Gasteiger partial charge in [-0.25, -0.2) is 10.2 Å². The number of nitrogens with zero attached hydrogens (tertiary/aromatic N) is 1. The first-order chi connectivity index (χ1) is 11.8. The summed E-state index contributed by atoms with van der Waals surface area (Å²) in [5, 5.41) is 13.9. The first-order valence-electron chi connectivity index (χ1n) is 8.22. The molecule has 0 spiro atoms. The van der Waals surface area contributed by atoms with Crippen LogP contribution in [0.3, 0.4) is 0 Å². The SMILES string of the molecule is CC(NC(=O)OC(C)(C)C)C(=O)N1CCCC(C(O)OCC(Cl)(Cl)Cl)N1. The Morgan fingerprint density at radius 1 is 1.35 bits per heavy atom. The van der Waals surface area contributed by atoms with Gasteiger partial charge in [0.25, 0.3) is 5.91 Å². The number of ether oxygens (including phenoxy) is 2. The summed E-state index contributed by atoms with van der Waals surface area (Å²) in [4.78, 5) is 24.3. The van der Waals surface area contributed by atoms with Gasteiger partial charge in [-0.05, 0) is 40.5 Å². The van der Waals surface area contributed by atoms with Gasteiger partial charge in [-0.15, -0.1) is 0 Å². The predicted octanol–water partition coefficient (Wildman–Crippen LogP) is 2.10. The van der Waals surface area contributed by atoms with Crippen LogP contribution in [0.5, 0.6) is 0 Å². The second-order valence-corrected chi connectivity index (χ2v) is 9.57. The van der Waals surface area contributed by atoms with E-state index in [-0.39, 0.29) is 12.5 Å². The van der Waals surface area contributed by atoms with Gasteiger partial charge in [0.15, 0.2) is 6.29 Å². The summed E-state index contributed by atoms with van der Waals surface area (Å²) in [6, 6.07) is -1.36. The van der Waals surface area contributed by atoms with E-state index in [1.165, 1.54) is 5.01 Å². The predicted molar refractivity (Wildman–Crippen MR) is 99.0 cm³/mol. The molecule has 3 N–H and O–H groups in total. The normalized spacial score (nSPS) is 21.1. The first kappa shape index (κ1) is 23.5. The lowest BCUT2D eigenvalue weighted by atomic mass is 10.1. The lowest BCUT2D eigenvalue weighted by Gasteiger charge is -2.37. The fourth-order valence-corrected chi connectivity index (χ4v) is 2.44. The molecule has 3 atom stereocenters. The molecule has 1 aliphatic rings. The third kappa shape index (κ3) is 8.92. The van der Waals surface area contributed by atoms with E-state index in [4.69, 9.17) is 44.3 Å². The van der Waals surface area contributed by atoms with Gasteiger partial charge in [-0.3, -0.25) is 9.80 Å². The highest BCUT2D eigenvalue weighted by Crippen LogP contribution is 2.27. The third-order valence-electron chi connectivity index (χ3n) is 3.35. The molecule has 26 heavy (non-hydrogen) atoms. The molecule has 0 aromatic heterocycles. The summed E-state index contributed by atoms with van der Waals surface area (Å²) < 4.78 is 8.61. The molecule has 0 radical (unpaired) electrons. The van der Waals surface area contributed by atoms with Gasteiger partial charge in [-0.2, -0.15) is 0 Å². The van der Waals surface area contributed by atoms with Crippen molar-refractivity contribution in [3.8, 4) is 0 Å². The molecule has 0 aromatic rings. The van der Waals surface area contributed by atoms with Crippen LogP contribution in [-0.2, 0) is 14.3 Å². The highest BCUT2D eigenvalue weighted by atomic mass is 35.6. The van der Waals surface area contributed by atoms with E-state index in [0.717, 1.165) is 0 Å². The van der Waals surface area contributed by atoms with Gasteiger partial charge in [0, 0.05) is 6.54 Å². The number of carbonyl (C=O) groups excluding carboxylic acids is 2. The third-order valence-corrected chi connectivity index (χ3v) is 3.68. The quantitative estimate of drug-likeness (QED) is 0.452. The van der Waals surface area contributed by atoms with Crippen molar-refractivity contribution >= 4 is 46.8 Å². The standard InChI is InChI=1S/C15H26Cl3N3O5/c1-9(19-13(24)26-14(2,3)4)11(22)21-7-5-6-10(20-21)12(23)25-8-15(16,17)18/h9-10,12,20,23H,5-8H2,1-4H3,(H,19,24). The number of hydrogen-bond acceptors (Lipinski definition) is 6. The number of aliphatic hydroxyl groups is 1. The van der Waals surface area contributed by atoms with Crippen LogP contribution in [0.15, 0.2) is 0 Å². The van der Waals surface area contributed by atoms with E-state index in [1.807, 2.05) is 0 Å². The van der Waals surface area contributed by atoms with Crippen molar-refractivity contribution in [2.75, 3.05) is 13.2 Å². The summed E-state index contributed by atoms with van der Waals surface area (Å²) >= 11 is 16.8. The van der Waals surface area contributed by atoms with Gasteiger partial charge in [0.2, 0.25) is 3.79 Å². The number of nitrogens with one attached hydrogen (secondary N) is 2. The van der Waals surface area contributed by atoms with Crippen LogP contribution < -0.4 is 10.7 Å². The van der Waals surface area contributed by atoms with Crippen molar-refractivity contribution in [3.05, 3.63) is 0 Å². The van der Waals surface area contributed by atoms with Crippen molar-refractivity contribution in [1.82, 2.24) is 15.8 Å². The molecule has 0 saturated carbocycles. The molecule has 1 heterocycles. The zero-order chi connectivity index (χ0) is 20.1. The van der Waals surface area contributed by atoms with Gasteiger partial charge in [-0.1, -0.05) is 34.8 Å². The Labute approximate surface area is 168 Å². The van der Waals surface area contributed by atoms with Crippen molar-refractivity contribution in [3.63, 3.8) is 0 Å². The summed E-state index contributed by atoms with van der Waals surface area (Å²) in [7, 11) is 0. The Bertz CT molecular complexity index is 496. The fourth-order valence-electron chi connectivity index (χ4n) is 2.25. The Balaban J connectivity index is 2.54. The maximum absolute atomic E-state index is 12.5. The smallest absolute Gasteiger partial charge is 0.408 e. The van der Waals surface area contributed by atoms with Crippen LogP contribution in [0, 0.1) is 0 Å². The van der Waals surface area contributed by atoms with E-state index < -0.39 is 33.9 Å². The van der Waals surface area contributed by atoms with Crippen molar-refractivity contribution in [1.29, 1.82) is 0 Å². The van der Waals surface area contributed by atoms with Gasteiger partial charge < -0.3 is 19.9 Å². The Kier molecular flexibility index (Phi) is 8.70. The highest BCUT2D eigenvalue weighted by molar-refractivity contribution is 6.67. The molecule has 8 nitrogen and oxygen atoms in total. The number of hydrazine groups is 1. The Morgan fingerprint density at radius 3 is 2.50 bits per heavy atom. The van der Waals surface area contributed by atoms with E-state index in [0.29, 0.717) is 19.4 Å². The molecule has 2 amide bonds. The molecule has 1 aliphatic heterocycles. The minimum Gasteiger partial charge on any atom is -0.444 e. The van der Waals surface area contributed by atoms with Crippen LogP contribution in [-0.4, -0.2) is 63.0 Å². The van der Waals surface area contributed by atoms with E-state index >= 15 is 0 Å². The molecule has 1 rings (SSSR count). The average Bonchev–Trinajstić information content (AvgIpc) is 2.49. The van der Waals surface area contributed by atoms with Gasteiger partial charge >= 0.3 is 6.09 Å². The van der Waals surface area contributed by atoms with Crippen molar-refractivity contribution in [2.24, 2.45) is 0 Å². The van der Waals surface area contributed by atoms with Crippen LogP contribution in [0.2, 0.25) is 0 Å². The molecule has 0 bridgehead atoms. The monoisotopic (exact) mass is 433 g/mol. The van der Waals surface area contributed by atoms with Crippen LogP contribution in [0.4, 0.5) is 4.79 Å². The van der Waals surface area contributed by atoms with Crippen molar-refractivity contribution in [2.45, 2.75) is 68.3 Å². The lowest BCUT2D eigenvalue weighted by Crippen LogP contribution is -2.60. The maximum Gasteiger partial charge on any atom is 0.408 e. The van der Waals surface area contributed by atoms with E-state index in [1.54, 1.807) is 27.7 Å². The molecule has 1 saturated heterocycles. The van der Waals surface area contributed by atoms with Gasteiger partial charge in [0.1, 0.15) is 11.6 Å². The van der Waals surface area contributed by atoms with Crippen molar-refractivity contribution < 1.29 is 24.2 Å².